The molecule has 5 rings (SSSR count). The second-order valence-electron chi connectivity index (χ2n) is 8.51. The number of H-pyrrole nitrogens is 1. The van der Waals surface area contributed by atoms with Gasteiger partial charge in [-0.05, 0) is 71.1 Å². The number of hydrogen-bond acceptors (Lipinski definition) is 7. The van der Waals surface area contributed by atoms with Crippen LogP contribution in [0.5, 0.6) is 17.2 Å². The zero-order chi connectivity index (χ0) is 26.0. The molecule has 1 aliphatic rings. The predicted molar refractivity (Wildman–Crippen MR) is 131 cm³/mol. The number of amides is 1. The topological polar surface area (TPSA) is 111 Å². The Morgan fingerprint density at radius 2 is 1.81 bits per heavy atom. The summed E-state index contributed by atoms with van der Waals surface area (Å²) in [7, 11) is 3.12. The quantitative estimate of drug-likeness (QED) is 0.334. The Hall–Kier alpha value is -4.54. The van der Waals surface area contributed by atoms with Crippen molar-refractivity contribution in [2.45, 2.75) is 24.9 Å². The van der Waals surface area contributed by atoms with Crippen LogP contribution in [0.2, 0.25) is 0 Å². The highest BCUT2D eigenvalue weighted by molar-refractivity contribution is 6.02. The Morgan fingerprint density at radius 3 is 2.49 bits per heavy atom. The van der Waals surface area contributed by atoms with E-state index in [2.05, 4.69) is 30.7 Å². The van der Waals surface area contributed by atoms with E-state index in [-0.39, 0.29) is 11.7 Å². The first-order chi connectivity index (χ1) is 17.9. The molecule has 0 radical (unpaired) electrons. The zero-order valence-electron chi connectivity index (χ0n) is 20.0. The Morgan fingerprint density at radius 1 is 1.00 bits per heavy atom. The number of alkyl halides is 2. The summed E-state index contributed by atoms with van der Waals surface area (Å²) in [6, 6.07) is 17.2. The molecule has 3 aromatic carbocycles. The zero-order valence-corrected chi connectivity index (χ0v) is 20.0. The minimum atomic E-state index is -2.94. The monoisotopic (exact) mass is 507 g/mol. The van der Waals surface area contributed by atoms with E-state index in [0.717, 1.165) is 11.1 Å². The number of anilines is 1. The normalized spacial score (nSPS) is 13.8. The third-order valence-electron chi connectivity index (χ3n) is 6.35. The molecule has 0 unspecified atom stereocenters. The van der Waals surface area contributed by atoms with Crippen molar-refractivity contribution in [2.75, 3.05) is 19.5 Å². The molecule has 37 heavy (non-hydrogen) atoms. The van der Waals surface area contributed by atoms with Gasteiger partial charge in [-0.15, -0.1) is 10.2 Å². The largest absolute Gasteiger partial charge is 0.493 e. The lowest BCUT2D eigenvalue weighted by Crippen LogP contribution is -2.27. The fraction of sp³-hybridized carbons (Fsp3) is 0.231. The number of aromatic amines is 1. The third kappa shape index (κ3) is 4.80. The number of aromatic nitrogens is 4. The number of hydrogen-bond donors (Lipinski definition) is 2. The van der Waals surface area contributed by atoms with Gasteiger partial charge in [-0.1, -0.05) is 24.3 Å². The lowest BCUT2D eigenvalue weighted by atomic mass is 9.94. The molecule has 0 spiro atoms. The first-order valence-corrected chi connectivity index (χ1v) is 11.4. The van der Waals surface area contributed by atoms with Crippen molar-refractivity contribution in [3.05, 3.63) is 66.2 Å². The van der Waals surface area contributed by atoms with Gasteiger partial charge in [0, 0.05) is 11.3 Å². The summed E-state index contributed by atoms with van der Waals surface area (Å²) < 4.78 is 40.6. The van der Waals surface area contributed by atoms with Gasteiger partial charge in [0.1, 0.15) is 5.75 Å². The maximum Gasteiger partial charge on any atom is 0.387 e. The van der Waals surface area contributed by atoms with Gasteiger partial charge in [0.2, 0.25) is 11.7 Å². The van der Waals surface area contributed by atoms with Crippen molar-refractivity contribution >= 4 is 11.6 Å². The van der Waals surface area contributed by atoms with Crippen LogP contribution in [0.1, 0.15) is 18.4 Å². The lowest BCUT2D eigenvalue weighted by Gasteiger charge is -2.18. The molecule has 1 amide bonds. The molecular formula is C26H23F2N5O4. The number of carbonyl (C=O) groups excluding carboxylic acids is 1. The second kappa shape index (κ2) is 9.84. The molecule has 0 aliphatic heterocycles. The molecular weight excluding hydrogens is 484 g/mol. The fourth-order valence-corrected chi connectivity index (χ4v) is 4.33. The molecule has 190 valence electrons. The van der Waals surface area contributed by atoms with Crippen LogP contribution < -0.4 is 19.5 Å². The molecule has 1 heterocycles. The molecule has 9 nitrogen and oxygen atoms in total. The molecule has 0 saturated heterocycles. The summed E-state index contributed by atoms with van der Waals surface area (Å²) in [5.41, 5.74) is 2.60. The average Bonchev–Trinajstić information content (AvgIpc) is 3.54. The van der Waals surface area contributed by atoms with Crippen LogP contribution in [0.15, 0.2) is 60.7 Å². The van der Waals surface area contributed by atoms with Gasteiger partial charge in [-0.25, -0.2) is 0 Å². The van der Waals surface area contributed by atoms with Gasteiger partial charge in [0.25, 0.3) is 0 Å². The van der Waals surface area contributed by atoms with E-state index in [9.17, 15) is 13.6 Å². The Bertz CT molecular complexity index is 1420. The van der Waals surface area contributed by atoms with E-state index in [0.29, 0.717) is 47.0 Å². The van der Waals surface area contributed by atoms with E-state index < -0.39 is 12.0 Å². The van der Waals surface area contributed by atoms with E-state index >= 15 is 0 Å². The summed E-state index contributed by atoms with van der Waals surface area (Å²) >= 11 is 0. The van der Waals surface area contributed by atoms with Crippen molar-refractivity contribution in [1.29, 1.82) is 0 Å². The van der Waals surface area contributed by atoms with Crippen molar-refractivity contribution < 1.29 is 27.8 Å². The highest BCUT2D eigenvalue weighted by atomic mass is 19.3. The molecule has 4 aromatic rings. The minimum absolute atomic E-state index is 0.0187. The van der Waals surface area contributed by atoms with Crippen LogP contribution in [0.3, 0.4) is 0 Å². The summed E-state index contributed by atoms with van der Waals surface area (Å²) in [4.78, 5) is 13.4. The van der Waals surface area contributed by atoms with Crippen LogP contribution in [0.4, 0.5) is 14.5 Å². The number of carbonyl (C=O) groups is 1. The van der Waals surface area contributed by atoms with Crippen molar-refractivity contribution in [1.82, 2.24) is 20.6 Å². The van der Waals surface area contributed by atoms with E-state index in [1.165, 1.54) is 12.1 Å². The van der Waals surface area contributed by atoms with Gasteiger partial charge in [-0.2, -0.15) is 14.0 Å². The maximum absolute atomic E-state index is 13.4. The van der Waals surface area contributed by atoms with Gasteiger partial charge >= 0.3 is 6.61 Å². The first-order valence-electron chi connectivity index (χ1n) is 11.4. The molecule has 1 saturated carbocycles. The number of nitrogens with zero attached hydrogens (tertiary/aromatic N) is 3. The summed E-state index contributed by atoms with van der Waals surface area (Å²) in [6.45, 7) is -2.94. The number of nitrogens with one attached hydrogen (secondary N) is 2. The Balaban J connectivity index is 1.46. The standard InChI is InChI=1S/C26H23F2N5O4/c1-35-21-9-6-15(12-22(21)36-2)19-8-7-17(14-20(19)23-30-32-33-31-23)29-24(34)26(10-11-26)16-4-3-5-18(13-16)37-25(27)28/h3-9,12-14,25H,10-11H2,1-2H3,(H,29,34)(H,30,31,32,33). The number of rotatable bonds is 9. The lowest BCUT2D eigenvalue weighted by molar-refractivity contribution is -0.118. The molecule has 0 atom stereocenters. The summed E-state index contributed by atoms with van der Waals surface area (Å²) in [5, 5.41) is 17.3. The highest BCUT2D eigenvalue weighted by Gasteiger charge is 2.51. The number of methoxy groups -OCH3 is 2. The number of benzene rings is 3. The minimum Gasteiger partial charge on any atom is -0.493 e. The number of tetrazole rings is 1. The molecule has 2 N–H and O–H groups in total. The average molecular weight is 507 g/mol. The molecule has 0 bridgehead atoms. The van der Waals surface area contributed by atoms with Crippen LogP contribution in [-0.2, 0) is 10.2 Å². The second-order valence-corrected chi connectivity index (χ2v) is 8.51. The number of halogens is 2. The van der Waals surface area contributed by atoms with Crippen molar-refractivity contribution in [3.8, 4) is 39.8 Å². The Kier molecular flexibility index (Phi) is 6.43. The van der Waals surface area contributed by atoms with Crippen LogP contribution >= 0.6 is 0 Å². The SMILES string of the molecule is COc1ccc(-c2ccc(NC(=O)C3(c4cccc(OC(F)F)c4)CC3)cc2-c2nn[nH]n2)cc1OC. The molecule has 11 heteroatoms. The van der Waals surface area contributed by atoms with Crippen molar-refractivity contribution in [2.24, 2.45) is 0 Å². The van der Waals surface area contributed by atoms with E-state index in [1.54, 1.807) is 44.6 Å². The van der Waals surface area contributed by atoms with Gasteiger partial charge in [-0.3, -0.25) is 4.79 Å². The highest BCUT2D eigenvalue weighted by Crippen LogP contribution is 2.50. The van der Waals surface area contributed by atoms with Crippen LogP contribution in [0.25, 0.3) is 22.5 Å². The predicted octanol–water partition coefficient (Wildman–Crippen LogP) is 4.82. The third-order valence-corrected chi connectivity index (χ3v) is 6.35. The smallest absolute Gasteiger partial charge is 0.387 e. The summed E-state index contributed by atoms with van der Waals surface area (Å²) in [6.07, 6.45) is 1.19. The Labute approximate surface area is 210 Å². The van der Waals surface area contributed by atoms with Gasteiger partial charge < -0.3 is 19.5 Å². The van der Waals surface area contributed by atoms with Crippen LogP contribution in [-0.4, -0.2) is 47.4 Å². The van der Waals surface area contributed by atoms with Gasteiger partial charge in [0.15, 0.2) is 11.5 Å². The summed E-state index contributed by atoms with van der Waals surface area (Å²) in [5.74, 6) is 1.28. The molecule has 1 aromatic heterocycles. The molecule has 1 fully saturated rings. The van der Waals surface area contributed by atoms with E-state index in [4.69, 9.17) is 9.47 Å². The number of ether oxygens (including phenoxy) is 3. The molecule has 1 aliphatic carbocycles. The van der Waals surface area contributed by atoms with E-state index in [1.807, 2.05) is 18.2 Å². The first kappa shape index (κ1) is 24.2. The van der Waals surface area contributed by atoms with Crippen LogP contribution in [0, 0.1) is 0 Å². The fourth-order valence-electron chi connectivity index (χ4n) is 4.33. The maximum atomic E-state index is 13.4. The van der Waals surface area contributed by atoms with Gasteiger partial charge in [0.05, 0.1) is 19.6 Å². The van der Waals surface area contributed by atoms with Crippen molar-refractivity contribution in [3.63, 3.8) is 0 Å².